The highest BCUT2D eigenvalue weighted by molar-refractivity contribution is 6.04. The maximum Gasteiger partial charge on any atom is 0.336 e. The molecule has 1 aromatic carbocycles. The number of ether oxygens (including phenoxy) is 2. The van der Waals surface area contributed by atoms with Gasteiger partial charge in [0.1, 0.15) is 5.75 Å². The van der Waals surface area contributed by atoms with Crippen LogP contribution in [0, 0.1) is 0 Å². The van der Waals surface area contributed by atoms with Gasteiger partial charge >= 0.3 is 5.97 Å². The Kier molecular flexibility index (Phi) is 6.55. The maximum atomic E-state index is 13.0. The highest BCUT2D eigenvalue weighted by Crippen LogP contribution is 2.45. The van der Waals surface area contributed by atoms with E-state index < -0.39 is 5.92 Å². The van der Waals surface area contributed by atoms with Crippen LogP contribution in [-0.4, -0.2) is 25.0 Å². The number of carbonyl (C=O) groups is 2. The molecule has 2 aliphatic rings. The van der Waals surface area contributed by atoms with Crippen LogP contribution in [0.5, 0.6) is 5.75 Å². The van der Waals surface area contributed by atoms with Gasteiger partial charge < -0.3 is 14.8 Å². The van der Waals surface area contributed by atoms with Crippen LogP contribution in [0.3, 0.4) is 0 Å². The summed E-state index contributed by atoms with van der Waals surface area (Å²) in [6.07, 6.45) is 3.77. The molecular formula is C23H29NO4. The molecule has 5 nitrogen and oxygen atoms in total. The summed E-state index contributed by atoms with van der Waals surface area (Å²) in [5, 5.41) is 3.32. The Morgan fingerprint density at radius 1 is 1.14 bits per heavy atom. The second kappa shape index (κ2) is 9.09. The molecule has 0 radical (unpaired) electrons. The third-order valence-corrected chi connectivity index (χ3v) is 5.12. The van der Waals surface area contributed by atoms with Crippen molar-refractivity contribution in [2.24, 2.45) is 0 Å². The van der Waals surface area contributed by atoms with Crippen molar-refractivity contribution in [3.8, 4) is 5.75 Å². The average Bonchev–Trinajstić information content (AvgIpc) is 2.70. The highest BCUT2D eigenvalue weighted by atomic mass is 16.5. The molecule has 1 heterocycles. The SMILES string of the molecule is CCCOC(=O)C1=C(C)NC2=C(C(=O)CCC2)C1c1ccccc1OCCC. The van der Waals surface area contributed by atoms with Crippen LogP contribution in [0.4, 0.5) is 0 Å². The van der Waals surface area contributed by atoms with Gasteiger partial charge in [0.05, 0.1) is 24.7 Å². The first-order valence-corrected chi connectivity index (χ1v) is 10.2. The van der Waals surface area contributed by atoms with Gasteiger partial charge in [-0.3, -0.25) is 4.79 Å². The number of hydrogen-bond acceptors (Lipinski definition) is 5. The van der Waals surface area contributed by atoms with E-state index in [1.165, 1.54) is 0 Å². The topological polar surface area (TPSA) is 64.6 Å². The number of ketones is 1. The van der Waals surface area contributed by atoms with Gasteiger partial charge in [0.25, 0.3) is 0 Å². The first-order valence-electron chi connectivity index (χ1n) is 10.2. The van der Waals surface area contributed by atoms with Crippen LogP contribution >= 0.6 is 0 Å². The lowest BCUT2D eigenvalue weighted by Crippen LogP contribution is -2.34. The number of carbonyl (C=O) groups excluding carboxylic acids is 2. The minimum atomic E-state index is -0.457. The number of rotatable bonds is 7. The highest BCUT2D eigenvalue weighted by Gasteiger charge is 2.40. The lowest BCUT2D eigenvalue weighted by atomic mass is 9.75. The predicted molar refractivity (Wildman–Crippen MR) is 108 cm³/mol. The van der Waals surface area contributed by atoms with E-state index in [1.807, 2.05) is 38.1 Å². The molecule has 0 amide bonds. The van der Waals surface area contributed by atoms with Gasteiger partial charge in [-0.05, 0) is 38.7 Å². The molecule has 0 saturated heterocycles. The molecule has 0 spiro atoms. The van der Waals surface area contributed by atoms with Crippen LogP contribution < -0.4 is 10.1 Å². The van der Waals surface area contributed by atoms with Crippen molar-refractivity contribution in [3.05, 3.63) is 52.4 Å². The van der Waals surface area contributed by atoms with Crippen molar-refractivity contribution in [1.82, 2.24) is 5.32 Å². The van der Waals surface area contributed by atoms with Crippen LogP contribution in [0.25, 0.3) is 0 Å². The molecule has 0 aromatic heterocycles. The first kappa shape index (κ1) is 20.2. The van der Waals surface area contributed by atoms with Crippen LogP contribution in [0.2, 0.25) is 0 Å². The van der Waals surface area contributed by atoms with Crippen LogP contribution in [0.1, 0.15) is 64.4 Å². The normalized spacial score (nSPS) is 19.2. The predicted octanol–water partition coefficient (Wildman–Crippen LogP) is 4.40. The molecule has 5 heteroatoms. The zero-order valence-corrected chi connectivity index (χ0v) is 17.0. The second-order valence-electron chi connectivity index (χ2n) is 7.29. The van der Waals surface area contributed by atoms with E-state index >= 15 is 0 Å². The third kappa shape index (κ3) is 3.98. The number of esters is 1. The zero-order chi connectivity index (χ0) is 20.1. The van der Waals surface area contributed by atoms with E-state index in [1.54, 1.807) is 0 Å². The fourth-order valence-electron chi connectivity index (χ4n) is 3.90. The summed E-state index contributed by atoms with van der Waals surface area (Å²) in [7, 11) is 0. The lowest BCUT2D eigenvalue weighted by molar-refractivity contribution is -0.139. The van der Waals surface area contributed by atoms with Gasteiger partial charge in [-0.15, -0.1) is 0 Å². The summed E-state index contributed by atoms with van der Waals surface area (Å²) in [4.78, 5) is 25.9. The monoisotopic (exact) mass is 383 g/mol. The van der Waals surface area contributed by atoms with E-state index in [0.717, 1.165) is 48.4 Å². The minimum Gasteiger partial charge on any atom is -0.493 e. The lowest BCUT2D eigenvalue weighted by Gasteiger charge is -2.34. The molecule has 150 valence electrons. The van der Waals surface area contributed by atoms with Crippen molar-refractivity contribution < 1.29 is 19.1 Å². The van der Waals surface area contributed by atoms with E-state index in [0.29, 0.717) is 30.8 Å². The number of Topliss-reactive ketones (excluding diaryl/α,β-unsaturated/α-hetero) is 1. The molecule has 1 unspecified atom stereocenters. The Balaban J connectivity index is 2.13. The smallest absolute Gasteiger partial charge is 0.336 e. The van der Waals surface area contributed by atoms with E-state index in [9.17, 15) is 9.59 Å². The molecule has 1 atom stereocenters. The fraction of sp³-hybridized carbons (Fsp3) is 0.478. The van der Waals surface area contributed by atoms with E-state index in [4.69, 9.17) is 9.47 Å². The standard InChI is InChI=1S/C23H29NO4/c1-4-13-27-19-12-7-6-9-16(19)21-20(23(26)28-14-5-2)15(3)24-17-10-8-11-18(25)22(17)21/h6-7,9,12,21,24H,4-5,8,10-11,13-14H2,1-3H3. The summed E-state index contributed by atoms with van der Waals surface area (Å²) >= 11 is 0. The second-order valence-corrected chi connectivity index (χ2v) is 7.29. The maximum absolute atomic E-state index is 13.0. The van der Waals surface area contributed by atoms with E-state index in [2.05, 4.69) is 12.2 Å². The van der Waals surface area contributed by atoms with Crippen molar-refractivity contribution in [2.75, 3.05) is 13.2 Å². The van der Waals surface area contributed by atoms with E-state index in [-0.39, 0.29) is 11.8 Å². The number of dihydropyridines is 1. The fourth-order valence-corrected chi connectivity index (χ4v) is 3.90. The average molecular weight is 383 g/mol. The van der Waals surface area contributed by atoms with Gasteiger partial charge in [0.15, 0.2) is 5.78 Å². The molecule has 0 bridgehead atoms. The summed E-state index contributed by atoms with van der Waals surface area (Å²) in [5.74, 6) is -0.0130. The molecule has 1 aliphatic carbocycles. The number of para-hydroxylation sites is 1. The minimum absolute atomic E-state index is 0.0948. The Hall–Kier alpha value is -2.56. The Morgan fingerprint density at radius 2 is 1.89 bits per heavy atom. The Bertz CT molecular complexity index is 822. The quantitative estimate of drug-likeness (QED) is 0.707. The van der Waals surface area contributed by atoms with Gasteiger partial charge in [-0.25, -0.2) is 4.79 Å². The molecule has 0 saturated carbocycles. The van der Waals surface area contributed by atoms with Crippen LogP contribution in [-0.2, 0) is 14.3 Å². The number of benzene rings is 1. The summed E-state index contributed by atoms with van der Waals surface area (Å²) < 4.78 is 11.4. The van der Waals surface area contributed by atoms with Gasteiger partial charge in [-0.1, -0.05) is 32.0 Å². The Labute approximate surface area is 166 Å². The summed E-state index contributed by atoms with van der Waals surface area (Å²) in [6, 6.07) is 7.70. The van der Waals surface area contributed by atoms with Gasteiger partial charge in [-0.2, -0.15) is 0 Å². The third-order valence-electron chi connectivity index (χ3n) is 5.12. The van der Waals surface area contributed by atoms with Crippen LogP contribution in [0.15, 0.2) is 46.8 Å². The molecule has 0 fully saturated rings. The summed E-state index contributed by atoms with van der Waals surface area (Å²) in [5.41, 5.74) is 3.73. The molecular weight excluding hydrogens is 354 g/mol. The van der Waals surface area contributed by atoms with Crippen molar-refractivity contribution in [1.29, 1.82) is 0 Å². The van der Waals surface area contributed by atoms with Crippen molar-refractivity contribution >= 4 is 11.8 Å². The molecule has 3 rings (SSSR count). The molecule has 1 aromatic rings. The molecule has 1 aliphatic heterocycles. The number of nitrogens with one attached hydrogen (secondary N) is 1. The number of hydrogen-bond donors (Lipinski definition) is 1. The Morgan fingerprint density at radius 3 is 2.64 bits per heavy atom. The largest absolute Gasteiger partial charge is 0.493 e. The summed E-state index contributed by atoms with van der Waals surface area (Å²) in [6.45, 7) is 6.84. The van der Waals surface area contributed by atoms with Crippen molar-refractivity contribution in [3.63, 3.8) is 0 Å². The van der Waals surface area contributed by atoms with Gasteiger partial charge in [0, 0.05) is 29.0 Å². The van der Waals surface area contributed by atoms with Gasteiger partial charge in [0.2, 0.25) is 0 Å². The van der Waals surface area contributed by atoms with Crippen molar-refractivity contribution in [2.45, 2.75) is 58.8 Å². The molecule has 28 heavy (non-hydrogen) atoms. The molecule has 1 N–H and O–H groups in total. The first-order chi connectivity index (χ1) is 13.6. The number of allylic oxidation sites excluding steroid dienone is 3. The zero-order valence-electron chi connectivity index (χ0n) is 17.0.